The Kier molecular flexibility index (Phi) is 3.72. The van der Waals surface area contributed by atoms with Crippen LogP contribution in [0.5, 0.6) is 5.75 Å². The molecule has 0 saturated carbocycles. The number of nitrogens with one attached hydrogen (secondary N) is 1. The van der Waals surface area contributed by atoms with Gasteiger partial charge in [-0.05, 0) is 41.4 Å². The molecule has 1 unspecified atom stereocenters. The Morgan fingerprint density at radius 1 is 1.20 bits per heavy atom. The zero-order valence-corrected chi connectivity index (χ0v) is 11.6. The van der Waals surface area contributed by atoms with E-state index in [4.69, 9.17) is 4.74 Å². The number of rotatable bonds is 4. The van der Waals surface area contributed by atoms with Crippen molar-refractivity contribution in [3.8, 4) is 5.75 Å². The van der Waals surface area contributed by atoms with Gasteiger partial charge in [0.25, 0.3) is 0 Å². The summed E-state index contributed by atoms with van der Waals surface area (Å²) < 4.78 is 5.50. The monoisotopic (exact) mass is 269 g/mol. The third kappa shape index (κ3) is 2.55. The van der Waals surface area contributed by atoms with Gasteiger partial charge in [0.2, 0.25) is 0 Å². The van der Waals surface area contributed by atoms with E-state index < -0.39 is 6.10 Å². The van der Waals surface area contributed by atoms with Crippen LogP contribution in [0.3, 0.4) is 0 Å². The molecular formula is C17H19NO2. The number of fused-ring (bicyclic) bond motifs is 1. The first-order chi connectivity index (χ1) is 9.78. The first-order valence-corrected chi connectivity index (χ1v) is 6.95. The maximum Gasteiger partial charge on any atom is 0.122 e. The average Bonchev–Trinajstić information content (AvgIpc) is 2.94. The van der Waals surface area contributed by atoms with E-state index in [-0.39, 0.29) is 0 Å². The zero-order valence-electron chi connectivity index (χ0n) is 11.6. The summed E-state index contributed by atoms with van der Waals surface area (Å²) >= 11 is 0. The first kappa shape index (κ1) is 13.2. The smallest absolute Gasteiger partial charge is 0.122 e. The maximum atomic E-state index is 10.6. The van der Waals surface area contributed by atoms with Crippen LogP contribution in [0.25, 0.3) is 0 Å². The summed E-state index contributed by atoms with van der Waals surface area (Å²) in [6.45, 7) is 1.55. The molecule has 1 atom stereocenters. The Balaban J connectivity index is 1.88. The molecule has 0 spiro atoms. The van der Waals surface area contributed by atoms with Gasteiger partial charge in [-0.3, -0.25) is 0 Å². The molecule has 1 aliphatic heterocycles. The highest BCUT2D eigenvalue weighted by molar-refractivity contribution is 5.43. The van der Waals surface area contributed by atoms with Crippen LogP contribution in [0.4, 0.5) is 0 Å². The van der Waals surface area contributed by atoms with Gasteiger partial charge in [0.15, 0.2) is 0 Å². The van der Waals surface area contributed by atoms with Gasteiger partial charge >= 0.3 is 0 Å². The van der Waals surface area contributed by atoms with Crippen LogP contribution in [-0.2, 0) is 13.0 Å². The van der Waals surface area contributed by atoms with Gasteiger partial charge in [0.05, 0.1) is 6.61 Å². The molecule has 0 aromatic heterocycles. The van der Waals surface area contributed by atoms with E-state index >= 15 is 0 Å². The van der Waals surface area contributed by atoms with Crippen molar-refractivity contribution >= 4 is 0 Å². The number of aliphatic hydroxyl groups is 1. The van der Waals surface area contributed by atoms with E-state index in [2.05, 4.69) is 17.4 Å². The lowest BCUT2D eigenvalue weighted by atomic mass is 9.97. The fourth-order valence-electron chi connectivity index (χ4n) is 2.65. The van der Waals surface area contributed by atoms with Gasteiger partial charge in [0, 0.05) is 13.0 Å². The summed E-state index contributed by atoms with van der Waals surface area (Å²) in [6.07, 6.45) is 0.341. The number of ether oxygens (including phenoxy) is 1. The van der Waals surface area contributed by atoms with Gasteiger partial charge in [-0.1, -0.05) is 30.3 Å². The Morgan fingerprint density at radius 3 is 2.90 bits per heavy atom. The minimum atomic E-state index is -0.585. The van der Waals surface area contributed by atoms with E-state index in [9.17, 15) is 5.11 Å². The largest absolute Gasteiger partial charge is 0.493 e. The zero-order chi connectivity index (χ0) is 13.9. The van der Waals surface area contributed by atoms with Crippen molar-refractivity contribution in [1.82, 2.24) is 5.32 Å². The molecule has 0 bridgehead atoms. The second-order valence-electron chi connectivity index (χ2n) is 5.14. The molecule has 2 aromatic rings. The number of hydrogen-bond donors (Lipinski definition) is 2. The van der Waals surface area contributed by atoms with E-state index in [1.54, 1.807) is 0 Å². The first-order valence-electron chi connectivity index (χ1n) is 6.95. The molecule has 1 aliphatic rings. The summed E-state index contributed by atoms with van der Waals surface area (Å²) in [6, 6.07) is 14.0. The lowest BCUT2D eigenvalue weighted by Gasteiger charge is -2.14. The molecule has 104 valence electrons. The lowest BCUT2D eigenvalue weighted by Crippen LogP contribution is -2.06. The second kappa shape index (κ2) is 5.65. The van der Waals surface area contributed by atoms with Gasteiger partial charge in [0.1, 0.15) is 11.9 Å². The Bertz CT molecular complexity index is 610. The Hall–Kier alpha value is -1.84. The fraction of sp³-hybridized carbons (Fsp3) is 0.294. The van der Waals surface area contributed by atoms with Crippen molar-refractivity contribution in [3.63, 3.8) is 0 Å². The van der Waals surface area contributed by atoms with Gasteiger partial charge in [-0.25, -0.2) is 0 Å². The average molecular weight is 269 g/mol. The summed E-state index contributed by atoms with van der Waals surface area (Å²) in [5.74, 6) is 0.949. The van der Waals surface area contributed by atoms with Crippen LogP contribution in [0.2, 0.25) is 0 Å². The van der Waals surface area contributed by atoms with Crippen LogP contribution in [-0.4, -0.2) is 18.8 Å². The van der Waals surface area contributed by atoms with E-state index in [0.717, 1.165) is 36.4 Å². The van der Waals surface area contributed by atoms with Gasteiger partial charge in [-0.2, -0.15) is 0 Å². The molecule has 0 radical (unpaired) electrons. The quantitative estimate of drug-likeness (QED) is 0.895. The minimum absolute atomic E-state index is 0.585. The number of benzene rings is 2. The van der Waals surface area contributed by atoms with E-state index in [0.29, 0.717) is 0 Å². The third-order valence-corrected chi connectivity index (χ3v) is 3.68. The van der Waals surface area contributed by atoms with Crippen molar-refractivity contribution < 1.29 is 9.84 Å². The highest BCUT2D eigenvalue weighted by atomic mass is 16.5. The molecule has 3 rings (SSSR count). The molecule has 0 amide bonds. The lowest BCUT2D eigenvalue weighted by molar-refractivity contribution is 0.220. The van der Waals surface area contributed by atoms with Crippen molar-refractivity contribution in [1.29, 1.82) is 0 Å². The molecule has 2 aromatic carbocycles. The van der Waals surface area contributed by atoms with Gasteiger partial charge < -0.3 is 15.2 Å². The molecule has 0 aliphatic carbocycles. The molecular weight excluding hydrogens is 250 g/mol. The van der Waals surface area contributed by atoms with E-state index in [1.807, 2.05) is 37.4 Å². The van der Waals surface area contributed by atoms with Crippen molar-refractivity contribution in [2.45, 2.75) is 19.1 Å². The van der Waals surface area contributed by atoms with Crippen LogP contribution in [0, 0.1) is 0 Å². The molecule has 3 nitrogen and oxygen atoms in total. The predicted octanol–water partition coefficient (Wildman–Crippen LogP) is 2.42. The maximum absolute atomic E-state index is 10.6. The third-order valence-electron chi connectivity index (χ3n) is 3.68. The molecule has 1 heterocycles. The summed E-state index contributed by atoms with van der Waals surface area (Å²) in [5, 5.41) is 13.7. The highest BCUT2D eigenvalue weighted by Gasteiger charge is 2.16. The molecule has 0 saturated heterocycles. The Morgan fingerprint density at radius 2 is 2.05 bits per heavy atom. The normalized spacial score (nSPS) is 14.7. The second-order valence-corrected chi connectivity index (χ2v) is 5.14. The van der Waals surface area contributed by atoms with E-state index in [1.165, 1.54) is 11.1 Å². The topological polar surface area (TPSA) is 41.5 Å². The minimum Gasteiger partial charge on any atom is -0.493 e. The standard InChI is InChI=1S/C17H19NO2/c1-18-11-12-3-2-4-14(9-12)17(19)15-5-6-16-13(10-15)7-8-20-16/h2-6,9-10,17-19H,7-8,11H2,1H3. The van der Waals surface area contributed by atoms with Crippen LogP contribution in [0.15, 0.2) is 42.5 Å². The molecule has 2 N–H and O–H groups in total. The van der Waals surface area contributed by atoms with Crippen LogP contribution in [0.1, 0.15) is 28.4 Å². The summed E-state index contributed by atoms with van der Waals surface area (Å²) in [4.78, 5) is 0. The fourth-order valence-corrected chi connectivity index (χ4v) is 2.65. The van der Waals surface area contributed by atoms with Crippen molar-refractivity contribution in [2.24, 2.45) is 0 Å². The van der Waals surface area contributed by atoms with Gasteiger partial charge in [-0.15, -0.1) is 0 Å². The number of aliphatic hydroxyl groups excluding tert-OH is 1. The predicted molar refractivity (Wildman–Crippen MR) is 78.9 cm³/mol. The summed E-state index contributed by atoms with van der Waals surface area (Å²) in [5.41, 5.74) is 4.22. The summed E-state index contributed by atoms with van der Waals surface area (Å²) in [7, 11) is 1.92. The van der Waals surface area contributed by atoms with Crippen LogP contribution < -0.4 is 10.1 Å². The molecule has 3 heteroatoms. The number of hydrogen-bond acceptors (Lipinski definition) is 3. The highest BCUT2D eigenvalue weighted by Crippen LogP contribution is 2.30. The molecule has 0 fully saturated rings. The SMILES string of the molecule is CNCc1cccc(C(O)c2ccc3c(c2)CCO3)c1. The molecule has 20 heavy (non-hydrogen) atoms. The van der Waals surface area contributed by atoms with Crippen molar-refractivity contribution in [3.05, 3.63) is 64.7 Å². The Labute approximate surface area is 119 Å². The van der Waals surface area contributed by atoms with Crippen molar-refractivity contribution in [2.75, 3.05) is 13.7 Å². The van der Waals surface area contributed by atoms with Crippen LogP contribution >= 0.6 is 0 Å².